The molecule has 0 aliphatic carbocycles. The molecule has 0 radical (unpaired) electrons. The molecular weight excluding hydrogens is 328 g/mol. The van der Waals surface area contributed by atoms with Crippen molar-refractivity contribution in [3.8, 4) is 0 Å². The Morgan fingerprint density at radius 1 is 1.04 bits per heavy atom. The highest BCUT2D eigenvalue weighted by molar-refractivity contribution is 5.77. The fourth-order valence-electron chi connectivity index (χ4n) is 3.51. The molecular formula is C21H24N2O3. The molecule has 136 valence electrons. The van der Waals surface area contributed by atoms with Crippen LogP contribution in [0.3, 0.4) is 0 Å². The number of amides is 2. The lowest BCUT2D eigenvalue weighted by atomic mass is 9.84. The monoisotopic (exact) mass is 352 g/mol. The number of piperidine rings is 1. The van der Waals surface area contributed by atoms with Crippen LogP contribution in [0.1, 0.15) is 36.4 Å². The summed E-state index contributed by atoms with van der Waals surface area (Å²) in [4.78, 5) is 26.0. The SMILES string of the molecule is C[C@@H](NC(=O)N1CC(C(=O)O)CC(c2ccccc2)C1)c1ccccc1. The van der Waals surface area contributed by atoms with E-state index < -0.39 is 11.9 Å². The minimum absolute atomic E-state index is 0.0313. The van der Waals surface area contributed by atoms with E-state index in [2.05, 4.69) is 5.32 Å². The molecule has 26 heavy (non-hydrogen) atoms. The zero-order valence-electron chi connectivity index (χ0n) is 14.8. The molecule has 2 unspecified atom stereocenters. The van der Waals surface area contributed by atoms with Gasteiger partial charge in [-0.15, -0.1) is 0 Å². The molecule has 5 heteroatoms. The van der Waals surface area contributed by atoms with E-state index in [1.54, 1.807) is 4.90 Å². The molecule has 2 aromatic rings. The first-order valence-electron chi connectivity index (χ1n) is 8.92. The van der Waals surface area contributed by atoms with Gasteiger partial charge >= 0.3 is 12.0 Å². The van der Waals surface area contributed by atoms with Gasteiger partial charge in [0, 0.05) is 19.0 Å². The number of urea groups is 1. The van der Waals surface area contributed by atoms with Gasteiger partial charge in [-0.25, -0.2) is 4.79 Å². The number of rotatable bonds is 4. The topological polar surface area (TPSA) is 69.6 Å². The van der Waals surface area contributed by atoms with Crippen molar-refractivity contribution >= 4 is 12.0 Å². The van der Waals surface area contributed by atoms with Gasteiger partial charge in [0.2, 0.25) is 0 Å². The van der Waals surface area contributed by atoms with Gasteiger partial charge in [0.25, 0.3) is 0 Å². The number of nitrogens with zero attached hydrogens (tertiary/aromatic N) is 1. The third kappa shape index (κ3) is 4.23. The molecule has 1 aliphatic heterocycles. The molecule has 3 atom stereocenters. The molecule has 1 saturated heterocycles. The van der Waals surface area contributed by atoms with Gasteiger partial charge in [0.05, 0.1) is 12.0 Å². The summed E-state index contributed by atoms with van der Waals surface area (Å²) in [5.41, 5.74) is 2.10. The Hall–Kier alpha value is -2.82. The van der Waals surface area contributed by atoms with Crippen LogP contribution in [0.2, 0.25) is 0 Å². The number of carboxylic acid groups (broad SMARTS) is 1. The van der Waals surface area contributed by atoms with Gasteiger partial charge in [-0.1, -0.05) is 60.7 Å². The molecule has 1 aliphatic rings. The number of benzene rings is 2. The van der Waals surface area contributed by atoms with Gasteiger partial charge < -0.3 is 15.3 Å². The van der Waals surface area contributed by atoms with Gasteiger partial charge in [-0.05, 0) is 24.5 Å². The minimum Gasteiger partial charge on any atom is -0.481 e. The molecule has 0 aromatic heterocycles. The van der Waals surface area contributed by atoms with Crippen LogP contribution in [-0.2, 0) is 4.79 Å². The molecule has 1 heterocycles. The van der Waals surface area contributed by atoms with Gasteiger partial charge in [0.1, 0.15) is 0 Å². The van der Waals surface area contributed by atoms with Crippen molar-refractivity contribution in [2.75, 3.05) is 13.1 Å². The van der Waals surface area contributed by atoms with E-state index in [1.165, 1.54) is 0 Å². The summed E-state index contributed by atoms with van der Waals surface area (Å²) in [6.45, 7) is 2.70. The van der Waals surface area contributed by atoms with E-state index >= 15 is 0 Å². The molecule has 2 amide bonds. The van der Waals surface area contributed by atoms with E-state index in [4.69, 9.17) is 0 Å². The van der Waals surface area contributed by atoms with E-state index in [0.29, 0.717) is 13.0 Å². The third-order valence-corrected chi connectivity index (χ3v) is 5.00. The molecule has 0 bridgehead atoms. The Kier molecular flexibility index (Phi) is 5.56. The van der Waals surface area contributed by atoms with Gasteiger partial charge in [-0.3, -0.25) is 4.79 Å². The number of hydrogen-bond donors (Lipinski definition) is 2. The molecule has 2 aromatic carbocycles. The minimum atomic E-state index is -0.848. The summed E-state index contributed by atoms with van der Waals surface area (Å²) in [7, 11) is 0. The van der Waals surface area contributed by atoms with Crippen LogP contribution in [0, 0.1) is 5.92 Å². The fourth-order valence-corrected chi connectivity index (χ4v) is 3.51. The highest BCUT2D eigenvalue weighted by Crippen LogP contribution is 2.30. The van der Waals surface area contributed by atoms with Crippen molar-refractivity contribution in [2.24, 2.45) is 5.92 Å². The number of nitrogens with one attached hydrogen (secondary N) is 1. The Morgan fingerprint density at radius 3 is 2.27 bits per heavy atom. The number of aliphatic carboxylic acids is 1. The fraction of sp³-hybridized carbons (Fsp3) is 0.333. The first-order valence-corrected chi connectivity index (χ1v) is 8.92. The summed E-state index contributed by atoms with van der Waals surface area (Å²) >= 11 is 0. The number of hydrogen-bond acceptors (Lipinski definition) is 2. The van der Waals surface area contributed by atoms with Crippen LogP contribution in [0.25, 0.3) is 0 Å². The van der Waals surface area contributed by atoms with E-state index in [0.717, 1.165) is 11.1 Å². The predicted octanol–water partition coefficient (Wildman–Crippen LogP) is 3.65. The first kappa shape index (κ1) is 18.0. The van der Waals surface area contributed by atoms with E-state index in [1.807, 2.05) is 67.6 Å². The summed E-state index contributed by atoms with van der Waals surface area (Å²) in [6.07, 6.45) is 0.553. The van der Waals surface area contributed by atoms with Crippen LogP contribution in [0.15, 0.2) is 60.7 Å². The Balaban J connectivity index is 1.72. The van der Waals surface area contributed by atoms with Crippen LogP contribution < -0.4 is 5.32 Å². The molecule has 3 rings (SSSR count). The Labute approximate surface area is 153 Å². The van der Waals surface area contributed by atoms with Gasteiger partial charge in [-0.2, -0.15) is 0 Å². The average molecular weight is 352 g/mol. The largest absolute Gasteiger partial charge is 0.481 e. The van der Waals surface area contributed by atoms with Crippen molar-refractivity contribution in [3.63, 3.8) is 0 Å². The van der Waals surface area contributed by atoms with Crippen molar-refractivity contribution < 1.29 is 14.7 Å². The zero-order chi connectivity index (χ0) is 18.5. The van der Waals surface area contributed by atoms with Crippen LogP contribution in [0.5, 0.6) is 0 Å². The van der Waals surface area contributed by atoms with Crippen LogP contribution in [0.4, 0.5) is 4.79 Å². The third-order valence-electron chi connectivity index (χ3n) is 5.00. The highest BCUT2D eigenvalue weighted by Gasteiger charge is 2.34. The van der Waals surface area contributed by atoms with Crippen molar-refractivity contribution in [1.82, 2.24) is 10.2 Å². The standard InChI is InChI=1S/C21H24N2O3/c1-15(16-8-4-2-5-9-16)22-21(26)23-13-18(12-19(14-23)20(24)25)17-10-6-3-7-11-17/h2-11,15,18-19H,12-14H2,1H3,(H,22,26)(H,24,25)/t15-,18?,19?/m1/s1. The average Bonchev–Trinajstić information content (AvgIpc) is 2.68. The molecule has 0 saturated carbocycles. The lowest BCUT2D eigenvalue weighted by Gasteiger charge is -2.37. The second-order valence-electron chi connectivity index (χ2n) is 6.87. The van der Waals surface area contributed by atoms with Crippen molar-refractivity contribution in [1.29, 1.82) is 0 Å². The quantitative estimate of drug-likeness (QED) is 0.882. The number of carboxylic acids is 1. The molecule has 1 fully saturated rings. The summed E-state index contributed by atoms with van der Waals surface area (Å²) < 4.78 is 0. The smallest absolute Gasteiger partial charge is 0.317 e. The summed E-state index contributed by atoms with van der Waals surface area (Å²) in [6, 6.07) is 19.2. The summed E-state index contributed by atoms with van der Waals surface area (Å²) in [5, 5.41) is 12.5. The van der Waals surface area contributed by atoms with Crippen LogP contribution >= 0.6 is 0 Å². The lowest BCUT2D eigenvalue weighted by molar-refractivity contribution is -0.143. The first-order chi connectivity index (χ1) is 12.5. The second-order valence-corrected chi connectivity index (χ2v) is 6.87. The number of carbonyl (C=O) groups excluding carboxylic acids is 1. The maximum atomic E-state index is 12.7. The maximum Gasteiger partial charge on any atom is 0.317 e. The van der Waals surface area contributed by atoms with Crippen molar-refractivity contribution in [3.05, 3.63) is 71.8 Å². The molecule has 0 spiro atoms. The molecule has 5 nitrogen and oxygen atoms in total. The zero-order valence-corrected chi connectivity index (χ0v) is 14.8. The summed E-state index contributed by atoms with van der Waals surface area (Å²) in [5.74, 6) is -1.37. The van der Waals surface area contributed by atoms with Crippen molar-refractivity contribution in [2.45, 2.75) is 25.3 Å². The Bertz CT molecular complexity index is 748. The lowest BCUT2D eigenvalue weighted by Crippen LogP contribution is -2.49. The maximum absolute atomic E-state index is 12.7. The predicted molar refractivity (Wildman–Crippen MR) is 99.9 cm³/mol. The number of likely N-dealkylation sites (tertiary alicyclic amines) is 1. The normalized spacial score (nSPS) is 21.0. The van der Waals surface area contributed by atoms with E-state index in [9.17, 15) is 14.7 Å². The van der Waals surface area contributed by atoms with E-state index in [-0.39, 0.29) is 24.5 Å². The number of carbonyl (C=O) groups is 2. The molecule has 2 N–H and O–H groups in total. The van der Waals surface area contributed by atoms with Crippen LogP contribution in [-0.4, -0.2) is 35.1 Å². The van der Waals surface area contributed by atoms with Gasteiger partial charge in [0.15, 0.2) is 0 Å². The Morgan fingerprint density at radius 2 is 1.65 bits per heavy atom. The highest BCUT2D eigenvalue weighted by atomic mass is 16.4. The second kappa shape index (κ2) is 8.04.